The Labute approximate surface area is 167 Å². The smallest absolute Gasteiger partial charge is 0.266 e. The van der Waals surface area contributed by atoms with Gasteiger partial charge < -0.3 is 10.1 Å². The van der Waals surface area contributed by atoms with Crippen molar-refractivity contribution in [3.63, 3.8) is 0 Å². The molecule has 0 saturated heterocycles. The Hall–Kier alpha value is -3.56. The molecule has 0 aliphatic carbocycles. The quantitative estimate of drug-likeness (QED) is 0.516. The van der Waals surface area contributed by atoms with Crippen LogP contribution >= 0.6 is 11.6 Å². The largest absolute Gasteiger partial charge is 0.495 e. The van der Waals surface area contributed by atoms with E-state index in [0.29, 0.717) is 22.0 Å². The number of anilines is 1. The average Bonchev–Trinajstić information content (AvgIpc) is 3.18. The number of nitrogens with one attached hydrogen (secondary N) is 1. The van der Waals surface area contributed by atoms with Crippen molar-refractivity contribution in [2.24, 2.45) is 0 Å². The van der Waals surface area contributed by atoms with Crippen molar-refractivity contribution in [1.29, 1.82) is 5.26 Å². The maximum absolute atomic E-state index is 12.6. The Morgan fingerprint density at radius 1 is 1.32 bits per heavy atom. The number of ether oxygens (including phenoxy) is 1. The Morgan fingerprint density at radius 2 is 2.07 bits per heavy atom. The molecule has 0 radical (unpaired) electrons. The van der Waals surface area contributed by atoms with Crippen LogP contribution in [0.1, 0.15) is 11.1 Å². The van der Waals surface area contributed by atoms with Gasteiger partial charge >= 0.3 is 0 Å². The van der Waals surface area contributed by atoms with Crippen molar-refractivity contribution in [1.82, 2.24) is 9.78 Å². The number of hydrogen-bond donors (Lipinski definition) is 1. The van der Waals surface area contributed by atoms with Gasteiger partial charge in [-0.2, -0.15) is 10.4 Å². The van der Waals surface area contributed by atoms with Gasteiger partial charge in [-0.1, -0.05) is 29.8 Å². The minimum Gasteiger partial charge on any atom is -0.495 e. The molecule has 28 heavy (non-hydrogen) atoms. The van der Waals surface area contributed by atoms with Crippen LogP contribution in [0.5, 0.6) is 5.75 Å². The molecule has 0 unspecified atom stereocenters. The van der Waals surface area contributed by atoms with Crippen molar-refractivity contribution in [2.75, 3.05) is 12.4 Å². The summed E-state index contributed by atoms with van der Waals surface area (Å²) in [5, 5.41) is 16.9. The van der Waals surface area contributed by atoms with E-state index in [-0.39, 0.29) is 5.57 Å². The molecule has 0 aliphatic heterocycles. The first-order chi connectivity index (χ1) is 13.5. The molecule has 3 rings (SSSR count). The molecular formula is C21H17ClN4O2. The number of aryl methyl sites for hydroxylation is 1. The molecule has 7 heteroatoms. The number of halogens is 1. The van der Waals surface area contributed by atoms with Crippen molar-refractivity contribution in [3.05, 3.63) is 76.6 Å². The van der Waals surface area contributed by atoms with Gasteiger partial charge in [0.1, 0.15) is 17.4 Å². The lowest BCUT2D eigenvalue weighted by Crippen LogP contribution is -2.14. The number of carbonyl (C=O) groups excluding carboxylic acids is 1. The zero-order valence-electron chi connectivity index (χ0n) is 15.3. The number of nitrogens with zero attached hydrogens (tertiary/aromatic N) is 3. The standard InChI is InChI=1S/C21H17ClN4O2/c1-14-8-19(20(28-2)10-18(14)22)25-21(27)16(11-23)9-15-12-24-26(13-15)17-6-4-3-5-7-17/h3-10,12-13H,1-2H3,(H,25,27)/b16-9+. The maximum Gasteiger partial charge on any atom is 0.266 e. The number of benzene rings is 2. The molecule has 0 atom stereocenters. The Morgan fingerprint density at radius 3 is 2.75 bits per heavy atom. The maximum atomic E-state index is 12.6. The van der Waals surface area contributed by atoms with Gasteiger partial charge in [-0.25, -0.2) is 4.68 Å². The predicted octanol–water partition coefficient (Wildman–Crippen LogP) is 4.39. The summed E-state index contributed by atoms with van der Waals surface area (Å²) in [6, 6.07) is 14.8. The highest BCUT2D eigenvalue weighted by atomic mass is 35.5. The molecule has 2 aromatic carbocycles. The zero-order chi connectivity index (χ0) is 20.1. The van der Waals surface area contributed by atoms with Gasteiger partial charge in [0, 0.05) is 22.8 Å². The van der Waals surface area contributed by atoms with Crippen LogP contribution in [0.2, 0.25) is 5.02 Å². The van der Waals surface area contributed by atoms with Crippen LogP contribution in [0, 0.1) is 18.3 Å². The summed E-state index contributed by atoms with van der Waals surface area (Å²) < 4.78 is 6.92. The normalized spacial score (nSPS) is 11.0. The van der Waals surface area contributed by atoms with Crippen LogP contribution < -0.4 is 10.1 Å². The van der Waals surface area contributed by atoms with E-state index in [0.717, 1.165) is 11.3 Å². The summed E-state index contributed by atoms with van der Waals surface area (Å²) in [7, 11) is 1.48. The van der Waals surface area contributed by atoms with Gasteiger partial charge in [0.2, 0.25) is 0 Å². The third-order valence-corrected chi connectivity index (χ3v) is 4.44. The lowest BCUT2D eigenvalue weighted by molar-refractivity contribution is -0.112. The van der Waals surface area contributed by atoms with E-state index in [2.05, 4.69) is 10.4 Å². The van der Waals surface area contributed by atoms with E-state index in [1.54, 1.807) is 29.2 Å². The van der Waals surface area contributed by atoms with Crippen LogP contribution in [0.25, 0.3) is 11.8 Å². The lowest BCUT2D eigenvalue weighted by Gasteiger charge is -2.11. The van der Waals surface area contributed by atoms with Crippen molar-refractivity contribution < 1.29 is 9.53 Å². The summed E-state index contributed by atoms with van der Waals surface area (Å²) in [5.74, 6) is -0.131. The second-order valence-corrected chi connectivity index (χ2v) is 6.39. The monoisotopic (exact) mass is 392 g/mol. The molecule has 0 fully saturated rings. The number of nitriles is 1. The van der Waals surface area contributed by atoms with Gasteiger partial charge in [0.05, 0.1) is 24.7 Å². The van der Waals surface area contributed by atoms with Crippen LogP contribution in [-0.2, 0) is 4.79 Å². The first-order valence-electron chi connectivity index (χ1n) is 8.39. The summed E-state index contributed by atoms with van der Waals surface area (Å²) in [4.78, 5) is 12.6. The molecule has 140 valence electrons. The molecule has 0 saturated carbocycles. The summed E-state index contributed by atoms with van der Waals surface area (Å²) >= 11 is 6.09. The molecule has 1 N–H and O–H groups in total. The Bertz CT molecular complexity index is 1080. The minimum absolute atomic E-state index is 0.0535. The van der Waals surface area contributed by atoms with Gasteiger partial charge in [-0.3, -0.25) is 4.79 Å². The van der Waals surface area contributed by atoms with E-state index in [9.17, 15) is 10.1 Å². The zero-order valence-corrected chi connectivity index (χ0v) is 16.1. The topological polar surface area (TPSA) is 79.9 Å². The van der Waals surface area contributed by atoms with Crippen molar-refractivity contribution >= 4 is 29.3 Å². The molecule has 0 aliphatic rings. The fraction of sp³-hybridized carbons (Fsp3) is 0.0952. The Balaban J connectivity index is 1.84. The number of hydrogen-bond acceptors (Lipinski definition) is 4. The van der Waals surface area contributed by atoms with Gasteiger partial charge in [0.15, 0.2) is 0 Å². The first-order valence-corrected chi connectivity index (χ1v) is 8.77. The number of aromatic nitrogens is 2. The number of para-hydroxylation sites is 1. The third kappa shape index (κ3) is 4.22. The predicted molar refractivity (Wildman–Crippen MR) is 109 cm³/mol. The van der Waals surface area contributed by atoms with Gasteiger partial charge in [0.25, 0.3) is 5.91 Å². The highest BCUT2D eigenvalue weighted by Crippen LogP contribution is 2.31. The van der Waals surface area contributed by atoms with E-state index in [1.807, 2.05) is 43.3 Å². The fourth-order valence-corrected chi connectivity index (χ4v) is 2.72. The number of carbonyl (C=O) groups is 1. The van der Waals surface area contributed by atoms with Crippen LogP contribution in [0.15, 0.2) is 60.4 Å². The van der Waals surface area contributed by atoms with E-state index in [1.165, 1.54) is 13.2 Å². The van der Waals surface area contributed by atoms with Crippen molar-refractivity contribution in [3.8, 4) is 17.5 Å². The average molecular weight is 393 g/mol. The van der Waals surface area contributed by atoms with Gasteiger partial charge in [-0.15, -0.1) is 0 Å². The molecule has 1 amide bonds. The lowest BCUT2D eigenvalue weighted by atomic mass is 10.1. The minimum atomic E-state index is -0.546. The Kier molecular flexibility index (Phi) is 5.78. The van der Waals surface area contributed by atoms with E-state index >= 15 is 0 Å². The summed E-state index contributed by atoms with van der Waals surface area (Å²) in [6.45, 7) is 1.82. The molecule has 3 aromatic rings. The van der Waals surface area contributed by atoms with Crippen LogP contribution in [-0.4, -0.2) is 22.8 Å². The van der Waals surface area contributed by atoms with E-state index in [4.69, 9.17) is 16.3 Å². The SMILES string of the molecule is COc1cc(Cl)c(C)cc1NC(=O)/C(C#N)=C/c1cnn(-c2ccccc2)c1. The molecule has 1 heterocycles. The first kappa shape index (κ1) is 19.2. The summed E-state index contributed by atoms with van der Waals surface area (Å²) in [6.07, 6.45) is 4.81. The molecule has 0 spiro atoms. The molecule has 6 nitrogen and oxygen atoms in total. The molecular weight excluding hydrogens is 376 g/mol. The van der Waals surface area contributed by atoms with Crippen LogP contribution in [0.3, 0.4) is 0 Å². The highest BCUT2D eigenvalue weighted by Gasteiger charge is 2.14. The molecule has 0 bridgehead atoms. The molecule has 1 aromatic heterocycles. The number of amides is 1. The third-order valence-electron chi connectivity index (χ3n) is 4.03. The second kappa shape index (κ2) is 8.42. The number of rotatable bonds is 5. The highest BCUT2D eigenvalue weighted by molar-refractivity contribution is 6.31. The van der Waals surface area contributed by atoms with Crippen LogP contribution in [0.4, 0.5) is 5.69 Å². The summed E-state index contributed by atoms with van der Waals surface area (Å²) in [5.41, 5.74) is 2.68. The fourth-order valence-electron chi connectivity index (χ4n) is 2.57. The van der Waals surface area contributed by atoms with Crippen molar-refractivity contribution in [2.45, 2.75) is 6.92 Å². The number of methoxy groups -OCH3 is 1. The second-order valence-electron chi connectivity index (χ2n) is 5.98. The van der Waals surface area contributed by atoms with E-state index < -0.39 is 5.91 Å². The van der Waals surface area contributed by atoms with Gasteiger partial charge in [-0.05, 0) is 36.8 Å².